The van der Waals surface area contributed by atoms with Crippen molar-refractivity contribution in [2.75, 3.05) is 5.32 Å². The van der Waals surface area contributed by atoms with Gasteiger partial charge in [0.25, 0.3) is 0 Å². The molecule has 0 aliphatic carbocycles. The minimum absolute atomic E-state index is 0.492. The van der Waals surface area contributed by atoms with Crippen molar-refractivity contribution in [3.8, 4) is 0 Å². The summed E-state index contributed by atoms with van der Waals surface area (Å²) >= 11 is 3.17. The first-order chi connectivity index (χ1) is 12.5. The van der Waals surface area contributed by atoms with E-state index < -0.39 is 51.8 Å². The van der Waals surface area contributed by atoms with Crippen molar-refractivity contribution in [3.05, 3.63) is 30.3 Å². The van der Waals surface area contributed by atoms with Crippen LogP contribution in [0, 0.1) is 0 Å². The van der Waals surface area contributed by atoms with E-state index in [1.807, 2.05) is 0 Å². The number of Topliss-reactive ketones (excluding diaryl/α,β-unsaturated/α-hetero) is 3. The zero-order valence-electron chi connectivity index (χ0n) is 15.0. The Morgan fingerprint density at radius 3 is 2.04 bits per heavy atom. The Labute approximate surface area is 164 Å². The largest absolute Gasteiger partial charge is 0.382 e. The van der Waals surface area contributed by atoms with Crippen molar-refractivity contribution < 1.29 is 34.4 Å². The Morgan fingerprint density at radius 2 is 1.59 bits per heavy atom. The smallest absolute Gasteiger partial charge is 0.189 e. The maximum absolute atomic E-state index is 12.5. The van der Waals surface area contributed by atoms with Crippen LogP contribution < -0.4 is 5.32 Å². The molecule has 6 atom stereocenters. The average Bonchev–Trinajstić information content (AvgIpc) is 2.61. The lowest BCUT2D eigenvalue weighted by atomic mass is 9.66. The number of ketones is 3. The monoisotopic (exact) mass is 443 g/mol. The van der Waals surface area contributed by atoms with Crippen LogP contribution in [-0.2, 0) is 19.1 Å². The molecule has 0 radical (unpaired) electrons. The van der Waals surface area contributed by atoms with Crippen molar-refractivity contribution in [2.45, 2.75) is 55.2 Å². The van der Waals surface area contributed by atoms with E-state index in [0.29, 0.717) is 5.69 Å². The van der Waals surface area contributed by atoms with Crippen molar-refractivity contribution >= 4 is 39.0 Å². The summed E-state index contributed by atoms with van der Waals surface area (Å²) in [5.74, 6) is -2.74. The highest BCUT2D eigenvalue weighted by Gasteiger charge is 2.71. The molecule has 9 heteroatoms. The SMILES string of the molecule is CC(=O)C(O)[C@H]1O[C@H](Br)[C@@H](Nc2ccccc2)[C@](O)(C(C)=O)[C@@]1(O)C(C)=O. The molecule has 8 nitrogen and oxygen atoms in total. The van der Waals surface area contributed by atoms with Gasteiger partial charge in [-0.25, -0.2) is 0 Å². The molecule has 1 aliphatic heterocycles. The number of alkyl halides is 1. The summed E-state index contributed by atoms with van der Waals surface area (Å²) in [6.45, 7) is 3.00. The van der Waals surface area contributed by atoms with Crippen LogP contribution in [0.2, 0.25) is 0 Å². The number of hydrogen-bond donors (Lipinski definition) is 4. The molecule has 1 unspecified atom stereocenters. The van der Waals surface area contributed by atoms with Gasteiger partial charge in [0.15, 0.2) is 28.6 Å². The second-order valence-electron chi connectivity index (χ2n) is 6.60. The van der Waals surface area contributed by atoms with Gasteiger partial charge in [-0.2, -0.15) is 0 Å². The van der Waals surface area contributed by atoms with E-state index in [1.54, 1.807) is 30.3 Å². The number of hydrogen-bond acceptors (Lipinski definition) is 8. The van der Waals surface area contributed by atoms with Gasteiger partial charge in [-0.3, -0.25) is 14.4 Å². The number of carbonyl (C=O) groups excluding carboxylic acids is 3. The molecule has 1 aromatic carbocycles. The molecule has 1 aromatic rings. The minimum atomic E-state index is -2.86. The number of rotatable bonds is 6. The fourth-order valence-electron chi connectivity index (χ4n) is 3.32. The number of halogens is 1. The summed E-state index contributed by atoms with van der Waals surface area (Å²) in [6, 6.07) is 7.19. The Hall–Kier alpha value is -1.65. The number of aliphatic hydroxyl groups excluding tert-OH is 1. The number of nitrogens with one attached hydrogen (secondary N) is 1. The normalized spacial score (nSPS) is 34.6. The maximum Gasteiger partial charge on any atom is 0.189 e. The van der Waals surface area contributed by atoms with Crippen LogP contribution >= 0.6 is 15.9 Å². The van der Waals surface area contributed by atoms with E-state index in [2.05, 4.69) is 21.2 Å². The van der Waals surface area contributed by atoms with Gasteiger partial charge in [-0.05, 0) is 32.9 Å². The summed E-state index contributed by atoms with van der Waals surface area (Å²) in [4.78, 5) is 36.5. The predicted octanol–water partition coefficient (Wildman–Crippen LogP) is 0.177. The molecule has 4 N–H and O–H groups in total. The minimum Gasteiger partial charge on any atom is -0.382 e. The van der Waals surface area contributed by atoms with Crippen LogP contribution in [0.25, 0.3) is 0 Å². The number of para-hydroxylation sites is 1. The summed E-state index contributed by atoms with van der Waals surface area (Å²) in [6.07, 6.45) is -3.78. The molecule has 1 fully saturated rings. The van der Waals surface area contributed by atoms with Gasteiger partial charge in [-0.15, -0.1) is 0 Å². The molecule has 1 saturated heterocycles. The summed E-state index contributed by atoms with van der Waals surface area (Å²) in [5, 5.41) is 34.4. The molecule has 2 rings (SSSR count). The van der Waals surface area contributed by atoms with Gasteiger partial charge in [-0.1, -0.05) is 34.1 Å². The van der Waals surface area contributed by atoms with Crippen molar-refractivity contribution in [3.63, 3.8) is 0 Å². The first kappa shape index (κ1) is 21.6. The summed E-state index contributed by atoms with van der Waals surface area (Å²) in [5.41, 5.74) is -5.06. The molecule has 0 amide bonds. The first-order valence-corrected chi connectivity index (χ1v) is 9.16. The zero-order valence-corrected chi connectivity index (χ0v) is 16.6. The highest BCUT2D eigenvalue weighted by molar-refractivity contribution is 9.09. The molecular formula is C18H22BrNO7. The standard InChI is InChI=1S/C18H22BrNO7/c1-9(21)13(24)15-18(26,11(3)23)17(25,10(2)22)14(16(19)27-15)20-12-7-5-4-6-8-12/h4-8,13-16,20,24-26H,1-3H3/t13?,14-,15-,16+,17-,18-/m1/s1. The van der Waals surface area contributed by atoms with Crippen molar-refractivity contribution in [1.29, 1.82) is 0 Å². The van der Waals surface area contributed by atoms with Crippen LogP contribution in [-0.4, -0.2) is 67.1 Å². The van der Waals surface area contributed by atoms with Crippen molar-refractivity contribution in [1.82, 2.24) is 0 Å². The Morgan fingerprint density at radius 1 is 1.07 bits per heavy atom. The van der Waals surface area contributed by atoms with Gasteiger partial charge in [0, 0.05) is 5.69 Å². The third-order valence-electron chi connectivity index (χ3n) is 4.85. The van der Waals surface area contributed by atoms with E-state index in [-0.39, 0.29) is 0 Å². The third-order valence-corrected chi connectivity index (χ3v) is 5.60. The van der Waals surface area contributed by atoms with Gasteiger partial charge in [0.1, 0.15) is 23.3 Å². The molecule has 0 spiro atoms. The van der Waals surface area contributed by atoms with E-state index >= 15 is 0 Å². The van der Waals surface area contributed by atoms with E-state index in [9.17, 15) is 29.7 Å². The van der Waals surface area contributed by atoms with E-state index in [0.717, 1.165) is 20.8 Å². The van der Waals surface area contributed by atoms with E-state index in [4.69, 9.17) is 4.74 Å². The van der Waals surface area contributed by atoms with Crippen LogP contribution in [0.5, 0.6) is 0 Å². The number of carbonyl (C=O) groups is 3. The highest BCUT2D eigenvalue weighted by Crippen LogP contribution is 2.43. The topological polar surface area (TPSA) is 133 Å². The van der Waals surface area contributed by atoms with Crippen LogP contribution in [0.15, 0.2) is 30.3 Å². The lowest BCUT2D eigenvalue weighted by Gasteiger charge is -2.54. The average molecular weight is 444 g/mol. The first-order valence-electron chi connectivity index (χ1n) is 8.24. The Kier molecular flexibility index (Phi) is 6.23. The molecule has 0 bridgehead atoms. The van der Waals surface area contributed by atoms with Crippen LogP contribution in [0.3, 0.4) is 0 Å². The van der Waals surface area contributed by atoms with Gasteiger partial charge < -0.3 is 25.4 Å². The summed E-state index contributed by atoms with van der Waals surface area (Å²) < 4.78 is 5.52. The molecule has 1 aliphatic rings. The fourth-order valence-corrected chi connectivity index (χ4v) is 4.06. The Bertz CT molecular complexity index is 742. The van der Waals surface area contributed by atoms with Gasteiger partial charge in [0.05, 0.1) is 0 Å². The number of anilines is 1. The van der Waals surface area contributed by atoms with Crippen LogP contribution in [0.4, 0.5) is 5.69 Å². The second-order valence-corrected chi connectivity index (χ2v) is 7.50. The predicted molar refractivity (Wildman–Crippen MR) is 99.4 cm³/mol. The lowest BCUT2D eigenvalue weighted by molar-refractivity contribution is -0.259. The molecule has 148 valence electrons. The molecule has 27 heavy (non-hydrogen) atoms. The zero-order chi connectivity index (χ0) is 20.6. The number of ether oxygens (including phenoxy) is 1. The number of aliphatic hydroxyl groups is 3. The quantitative estimate of drug-likeness (QED) is 0.457. The lowest BCUT2D eigenvalue weighted by Crippen LogP contribution is -2.81. The van der Waals surface area contributed by atoms with Crippen molar-refractivity contribution in [2.24, 2.45) is 0 Å². The molecule has 0 saturated carbocycles. The number of benzene rings is 1. The maximum atomic E-state index is 12.5. The molecule has 1 heterocycles. The Balaban J connectivity index is 2.63. The molecule has 0 aromatic heterocycles. The van der Waals surface area contributed by atoms with Crippen LogP contribution in [0.1, 0.15) is 20.8 Å². The summed E-state index contributed by atoms with van der Waals surface area (Å²) in [7, 11) is 0. The van der Waals surface area contributed by atoms with Gasteiger partial charge in [0.2, 0.25) is 0 Å². The second kappa shape index (κ2) is 7.76. The van der Waals surface area contributed by atoms with E-state index in [1.165, 1.54) is 0 Å². The third kappa shape index (κ3) is 3.45. The highest BCUT2D eigenvalue weighted by atomic mass is 79.9. The van der Waals surface area contributed by atoms with Gasteiger partial charge >= 0.3 is 0 Å². The molecular weight excluding hydrogens is 422 g/mol. The fraction of sp³-hybridized carbons (Fsp3) is 0.500.